The third-order valence-electron chi connectivity index (χ3n) is 2.96. The van der Waals surface area contributed by atoms with Gasteiger partial charge in [0.1, 0.15) is 0 Å². The molecule has 0 radical (unpaired) electrons. The molecule has 1 atom stereocenters. The Balaban J connectivity index is 2.00. The Bertz CT molecular complexity index is 551. The highest BCUT2D eigenvalue weighted by molar-refractivity contribution is 5.99. The van der Waals surface area contributed by atoms with Crippen LogP contribution in [0.4, 0.5) is 5.69 Å². The van der Waals surface area contributed by atoms with Crippen LogP contribution < -0.4 is 10.6 Å². The lowest BCUT2D eigenvalue weighted by Crippen LogP contribution is -2.35. The van der Waals surface area contributed by atoms with Gasteiger partial charge in [-0.1, -0.05) is 12.1 Å². The molecule has 2 aromatic rings. The average molecular weight is 272 g/mol. The molecule has 1 unspecified atom stereocenters. The van der Waals surface area contributed by atoms with Crippen molar-refractivity contribution < 1.29 is 4.79 Å². The molecule has 20 heavy (non-hydrogen) atoms. The summed E-state index contributed by atoms with van der Waals surface area (Å²) in [6, 6.07) is 7.57. The second kappa shape index (κ2) is 6.75. The van der Waals surface area contributed by atoms with Crippen LogP contribution in [0.5, 0.6) is 0 Å². The summed E-state index contributed by atoms with van der Waals surface area (Å²) in [6.07, 6.45) is 5.36. The first kappa shape index (κ1) is 14.1. The highest BCUT2D eigenvalue weighted by Crippen LogP contribution is 2.14. The predicted molar refractivity (Wildman–Crippen MR) is 79.8 cm³/mol. The molecule has 0 aliphatic carbocycles. The van der Waals surface area contributed by atoms with Gasteiger partial charge in [-0.15, -0.1) is 0 Å². The third-order valence-corrected chi connectivity index (χ3v) is 2.96. The highest BCUT2D eigenvalue weighted by atomic mass is 16.1. The molecule has 1 aromatic heterocycles. The van der Waals surface area contributed by atoms with Gasteiger partial charge >= 0.3 is 0 Å². The van der Waals surface area contributed by atoms with E-state index in [1.54, 1.807) is 12.5 Å². The van der Waals surface area contributed by atoms with E-state index in [0.717, 1.165) is 12.2 Å². The zero-order chi connectivity index (χ0) is 14.4. The van der Waals surface area contributed by atoms with E-state index in [1.165, 1.54) is 0 Å². The zero-order valence-electron chi connectivity index (χ0n) is 11.8. The van der Waals surface area contributed by atoms with Gasteiger partial charge in [0.25, 0.3) is 5.91 Å². The van der Waals surface area contributed by atoms with Crippen molar-refractivity contribution in [3.05, 3.63) is 48.5 Å². The largest absolute Gasteiger partial charge is 0.385 e. The van der Waals surface area contributed by atoms with Crippen molar-refractivity contribution in [1.82, 2.24) is 14.9 Å². The molecule has 2 N–H and O–H groups in total. The van der Waals surface area contributed by atoms with E-state index >= 15 is 0 Å². The van der Waals surface area contributed by atoms with Crippen LogP contribution in [0.1, 0.15) is 24.2 Å². The quantitative estimate of drug-likeness (QED) is 0.847. The Hall–Kier alpha value is -2.30. The number of nitrogens with zero attached hydrogens (tertiary/aromatic N) is 2. The number of benzene rings is 1. The fourth-order valence-corrected chi connectivity index (χ4v) is 2.08. The molecule has 5 nitrogen and oxygen atoms in total. The lowest BCUT2D eigenvalue weighted by Gasteiger charge is -2.16. The summed E-state index contributed by atoms with van der Waals surface area (Å²) in [4.78, 5) is 16.3. The maximum atomic E-state index is 12.3. The Kier molecular flexibility index (Phi) is 4.76. The van der Waals surface area contributed by atoms with Crippen LogP contribution in [0.15, 0.2) is 43.0 Å². The van der Waals surface area contributed by atoms with Gasteiger partial charge in [-0.25, -0.2) is 4.98 Å². The van der Waals surface area contributed by atoms with Crippen LogP contribution in [0, 0.1) is 0 Å². The Labute approximate surface area is 119 Å². The number of hydrogen-bond donors (Lipinski definition) is 2. The summed E-state index contributed by atoms with van der Waals surface area (Å²) in [6.45, 7) is 5.48. The second-order valence-corrected chi connectivity index (χ2v) is 4.71. The molecule has 0 aliphatic heterocycles. The normalized spacial score (nSPS) is 11.9. The number of anilines is 1. The second-order valence-electron chi connectivity index (χ2n) is 4.71. The van der Waals surface area contributed by atoms with Crippen molar-refractivity contribution >= 4 is 11.6 Å². The molecule has 0 fully saturated rings. The molecule has 1 heterocycles. The fourth-order valence-electron chi connectivity index (χ4n) is 2.08. The molecule has 2 rings (SSSR count). The minimum absolute atomic E-state index is 0.0337. The maximum Gasteiger partial charge on any atom is 0.253 e. The summed E-state index contributed by atoms with van der Waals surface area (Å²) in [5.74, 6) is -0.0610. The molecular weight excluding hydrogens is 252 g/mol. The fraction of sp³-hybridized carbons (Fsp3) is 0.333. The van der Waals surface area contributed by atoms with E-state index in [1.807, 2.05) is 48.9 Å². The first-order chi connectivity index (χ1) is 9.70. The summed E-state index contributed by atoms with van der Waals surface area (Å²) in [7, 11) is 0. The molecule has 1 amide bonds. The van der Waals surface area contributed by atoms with Crippen molar-refractivity contribution in [3.63, 3.8) is 0 Å². The van der Waals surface area contributed by atoms with E-state index in [2.05, 4.69) is 15.6 Å². The number of carbonyl (C=O) groups is 1. The van der Waals surface area contributed by atoms with Gasteiger partial charge in [-0.2, -0.15) is 0 Å². The van der Waals surface area contributed by atoms with Crippen LogP contribution in [-0.2, 0) is 6.54 Å². The van der Waals surface area contributed by atoms with Crippen LogP contribution in [-0.4, -0.2) is 28.0 Å². The molecule has 106 valence electrons. The third kappa shape index (κ3) is 3.60. The monoisotopic (exact) mass is 272 g/mol. The van der Waals surface area contributed by atoms with Crippen LogP contribution in [0.3, 0.4) is 0 Å². The molecule has 0 aliphatic rings. The van der Waals surface area contributed by atoms with Crippen LogP contribution in [0.2, 0.25) is 0 Å². The first-order valence-corrected chi connectivity index (χ1v) is 6.80. The molecule has 5 heteroatoms. The standard InChI is InChI=1S/C15H20N4O/c1-3-17-14-7-5-4-6-13(14)15(20)18-12(2)10-19-9-8-16-11-19/h4-9,11-12,17H,3,10H2,1-2H3,(H,18,20). The van der Waals surface area contributed by atoms with Gasteiger partial charge < -0.3 is 15.2 Å². The van der Waals surface area contributed by atoms with Crippen molar-refractivity contribution in [3.8, 4) is 0 Å². The zero-order valence-corrected chi connectivity index (χ0v) is 11.8. The topological polar surface area (TPSA) is 59.0 Å². The molecule has 0 saturated carbocycles. The highest BCUT2D eigenvalue weighted by Gasteiger charge is 2.13. The Morgan fingerprint density at radius 2 is 2.20 bits per heavy atom. The smallest absolute Gasteiger partial charge is 0.253 e. The number of para-hydroxylation sites is 1. The number of carbonyl (C=O) groups excluding carboxylic acids is 1. The van der Waals surface area contributed by atoms with E-state index in [-0.39, 0.29) is 11.9 Å². The van der Waals surface area contributed by atoms with Gasteiger partial charge in [0, 0.05) is 37.2 Å². The minimum Gasteiger partial charge on any atom is -0.385 e. The van der Waals surface area contributed by atoms with Crippen molar-refractivity contribution in [2.45, 2.75) is 26.4 Å². The number of nitrogens with one attached hydrogen (secondary N) is 2. The van der Waals surface area contributed by atoms with Crippen molar-refractivity contribution in [2.75, 3.05) is 11.9 Å². The van der Waals surface area contributed by atoms with E-state index in [4.69, 9.17) is 0 Å². The number of amides is 1. The van der Waals surface area contributed by atoms with E-state index < -0.39 is 0 Å². The summed E-state index contributed by atoms with van der Waals surface area (Å²) in [5, 5.41) is 6.21. The number of imidazole rings is 1. The van der Waals surface area contributed by atoms with Crippen molar-refractivity contribution in [2.24, 2.45) is 0 Å². The van der Waals surface area contributed by atoms with E-state index in [9.17, 15) is 4.79 Å². The first-order valence-electron chi connectivity index (χ1n) is 6.80. The number of aromatic nitrogens is 2. The predicted octanol–water partition coefficient (Wildman–Crippen LogP) is 2.13. The summed E-state index contributed by atoms with van der Waals surface area (Å²) in [5.41, 5.74) is 1.54. The van der Waals surface area contributed by atoms with Crippen molar-refractivity contribution in [1.29, 1.82) is 0 Å². The Morgan fingerprint density at radius 3 is 2.90 bits per heavy atom. The van der Waals surface area contributed by atoms with E-state index in [0.29, 0.717) is 12.1 Å². The molecule has 0 saturated heterocycles. The molecular formula is C15H20N4O. The van der Waals surface area contributed by atoms with Crippen LogP contribution >= 0.6 is 0 Å². The number of hydrogen-bond acceptors (Lipinski definition) is 3. The molecule has 0 bridgehead atoms. The average Bonchev–Trinajstić information content (AvgIpc) is 2.92. The van der Waals surface area contributed by atoms with Gasteiger partial charge in [-0.3, -0.25) is 4.79 Å². The molecule has 0 spiro atoms. The number of rotatable bonds is 6. The lowest BCUT2D eigenvalue weighted by molar-refractivity contribution is 0.0937. The van der Waals surface area contributed by atoms with Crippen LogP contribution in [0.25, 0.3) is 0 Å². The van der Waals surface area contributed by atoms with Gasteiger partial charge in [-0.05, 0) is 26.0 Å². The summed E-state index contributed by atoms with van der Waals surface area (Å²) >= 11 is 0. The van der Waals surface area contributed by atoms with Gasteiger partial charge in [0.15, 0.2) is 0 Å². The lowest BCUT2D eigenvalue weighted by atomic mass is 10.1. The SMILES string of the molecule is CCNc1ccccc1C(=O)NC(C)Cn1ccnc1. The Morgan fingerprint density at radius 1 is 1.40 bits per heavy atom. The molecule has 1 aromatic carbocycles. The summed E-state index contributed by atoms with van der Waals surface area (Å²) < 4.78 is 1.95. The van der Waals surface area contributed by atoms with Gasteiger partial charge in [0.05, 0.1) is 11.9 Å². The maximum absolute atomic E-state index is 12.3. The minimum atomic E-state index is -0.0610. The van der Waals surface area contributed by atoms with Gasteiger partial charge in [0.2, 0.25) is 0 Å².